The van der Waals surface area contributed by atoms with Gasteiger partial charge >= 0.3 is 0 Å². The van der Waals surface area contributed by atoms with Crippen molar-refractivity contribution in [3.8, 4) is 0 Å². The molecular formula is C19H26N4O. The number of nitrogens with one attached hydrogen (secondary N) is 2. The SMILES string of the molecule is O=C(NCCc1cnc[nH]1)C1[C@H]2CN(CC3C[C@@H]4C=C[C@H]3C4)C[C@@H]12. The average molecular weight is 326 g/mol. The predicted molar refractivity (Wildman–Crippen MR) is 91.1 cm³/mol. The number of carbonyl (C=O) groups excluding carboxylic acids is 1. The van der Waals surface area contributed by atoms with Gasteiger partial charge in [-0.05, 0) is 42.4 Å². The van der Waals surface area contributed by atoms with Crippen LogP contribution < -0.4 is 5.32 Å². The smallest absolute Gasteiger partial charge is 0.223 e. The third-order valence-corrected chi connectivity index (χ3v) is 6.73. The zero-order valence-corrected chi connectivity index (χ0v) is 14.0. The summed E-state index contributed by atoms with van der Waals surface area (Å²) in [6.45, 7) is 4.24. The van der Waals surface area contributed by atoms with E-state index in [1.165, 1.54) is 19.4 Å². The van der Waals surface area contributed by atoms with Gasteiger partial charge in [0.25, 0.3) is 0 Å². The van der Waals surface area contributed by atoms with Gasteiger partial charge in [0.15, 0.2) is 0 Å². The minimum Gasteiger partial charge on any atom is -0.355 e. The average Bonchev–Trinajstić information content (AvgIpc) is 3.15. The summed E-state index contributed by atoms with van der Waals surface area (Å²) in [6, 6.07) is 0. The Balaban J connectivity index is 1.05. The molecule has 2 saturated carbocycles. The zero-order chi connectivity index (χ0) is 16.1. The van der Waals surface area contributed by atoms with Gasteiger partial charge in [-0.3, -0.25) is 4.79 Å². The molecular weight excluding hydrogens is 300 g/mol. The number of nitrogens with zero attached hydrogens (tertiary/aromatic N) is 2. The van der Waals surface area contributed by atoms with E-state index in [1.807, 2.05) is 6.20 Å². The maximum Gasteiger partial charge on any atom is 0.223 e. The number of amides is 1. The van der Waals surface area contributed by atoms with Crippen LogP contribution >= 0.6 is 0 Å². The van der Waals surface area contributed by atoms with Crippen molar-refractivity contribution in [1.82, 2.24) is 20.2 Å². The van der Waals surface area contributed by atoms with Crippen LogP contribution in [0.4, 0.5) is 0 Å². The molecule has 128 valence electrons. The molecule has 2 unspecified atom stereocenters. The molecule has 1 aliphatic heterocycles. The third kappa shape index (κ3) is 2.59. The van der Waals surface area contributed by atoms with Crippen LogP contribution in [0.15, 0.2) is 24.7 Å². The van der Waals surface area contributed by atoms with Gasteiger partial charge < -0.3 is 15.2 Å². The summed E-state index contributed by atoms with van der Waals surface area (Å²) in [6.07, 6.45) is 12.0. The number of hydrogen-bond donors (Lipinski definition) is 2. The monoisotopic (exact) mass is 326 g/mol. The molecule has 4 aliphatic rings. The lowest BCUT2D eigenvalue weighted by molar-refractivity contribution is -0.123. The van der Waals surface area contributed by atoms with Crippen molar-refractivity contribution in [3.63, 3.8) is 0 Å². The quantitative estimate of drug-likeness (QED) is 0.778. The lowest BCUT2D eigenvalue weighted by Gasteiger charge is -2.26. The van der Waals surface area contributed by atoms with E-state index in [-0.39, 0.29) is 11.8 Å². The van der Waals surface area contributed by atoms with E-state index in [0.29, 0.717) is 18.4 Å². The zero-order valence-electron chi connectivity index (χ0n) is 14.0. The molecule has 1 aromatic rings. The molecule has 1 aromatic heterocycles. The van der Waals surface area contributed by atoms with Gasteiger partial charge in [0.2, 0.25) is 5.91 Å². The second-order valence-electron chi connectivity index (χ2n) is 8.23. The first-order valence-corrected chi connectivity index (χ1v) is 9.43. The standard InChI is InChI=1S/C19H26N4O/c24-19(21-4-3-15-7-20-11-22-15)18-16-9-23(10-17(16)18)8-14-6-12-1-2-13(14)5-12/h1-2,7,11-14,16-18H,3-6,8-10H2,(H,20,22)(H,21,24)/t12-,13+,14?,16-,17+,18?/m1/s1. The van der Waals surface area contributed by atoms with Crippen LogP contribution in [0.1, 0.15) is 18.5 Å². The Morgan fingerprint density at radius 3 is 2.83 bits per heavy atom. The number of likely N-dealkylation sites (tertiary alicyclic amines) is 1. The van der Waals surface area contributed by atoms with Crippen molar-refractivity contribution in [1.29, 1.82) is 0 Å². The summed E-state index contributed by atoms with van der Waals surface area (Å²) in [5, 5.41) is 3.11. The first-order chi connectivity index (χ1) is 11.8. The van der Waals surface area contributed by atoms with Gasteiger partial charge in [-0.25, -0.2) is 4.98 Å². The fourth-order valence-electron chi connectivity index (χ4n) is 5.45. The van der Waals surface area contributed by atoms with Gasteiger partial charge in [-0.15, -0.1) is 0 Å². The molecule has 5 nitrogen and oxygen atoms in total. The van der Waals surface area contributed by atoms with E-state index in [0.717, 1.165) is 43.0 Å². The molecule has 1 saturated heterocycles. The lowest BCUT2D eigenvalue weighted by atomic mass is 9.93. The van der Waals surface area contributed by atoms with E-state index < -0.39 is 0 Å². The molecule has 0 aromatic carbocycles. The molecule has 1 amide bonds. The number of H-pyrrole nitrogens is 1. The van der Waals surface area contributed by atoms with Crippen molar-refractivity contribution in [2.75, 3.05) is 26.2 Å². The Bertz CT molecular complexity index is 628. The summed E-state index contributed by atoms with van der Waals surface area (Å²) in [4.78, 5) is 22.0. The number of allylic oxidation sites excluding steroid dienone is 2. The van der Waals surface area contributed by atoms with Crippen LogP contribution in [0.3, 0.4) is 0 Å². The van der Waals surface area contributed by atoms with Crippen LogP contribution in [0.2, 0.25) is 0 Å². The Labute approximate surface area is 142 Å². The highest BCUT2D eigenvalue weighted by Crippen LogP contribution is 2.53. The normalized spacial score (nSPS) is 39.3. The predicted octanol–water partition coefficient (Wildman–Crippen LogP) is 1.46. The van der Waals surface area contributed by atoms with Crippen LogP contribution in [-0.4, -0.2) is 47.0 Å². The first-order valence-electron chi connectivity index (χ1n) is 9.43. The first kappa shape index (κ1) is 14.7. The second kappa shape index (κ2) is 5.73. The minimum atomic E-state index is 0.270. The second-order valence-corrected chi connectivity index (χ2v) is 8.23. The van der Waals surface area contributed by atoms with E-state index in [9.17, 15) is 4.79 Å². The van der Waals surface area contributed by atoms with Crippen LogP contribution in [0.25, 0.3) is 0 Å². The fourth-order valence-corrected chi connectivity index (χ4v) is 5.45. The van der Waals surface area contributed by atoms with Gasteiger partial charge in [0.1, 0.15) is 0 Å². The number of imidazole rings is 1. The number of hydrogen-bond acceptors (Lipinski definition) is 3. The number of piperidine rings is 1. The van der Waals surface area contributed by atoms with Crippen LogP contribution in [-0.2, 0) is 11.2 Å². The maximum atomic E-state index is 12.3. The molecule has 0 radical (unpaired) electrons. The number of aromatic nitrogens is 2. The van der Waals surface area contributed by atoms with Crippen molar-refractivity contribution >= 4 is 5.91 Å². The van der Waals surface area contributed by atoms with Gasteiger partial charge in [0, 0.05) is 50.4 Å². The van der Waals surface area contributed by atoms with E-state index in [4.69, 9.17) is 0 Å². The molecule has 5 rings (SSSR count). The molecule has 5 heteroatoms. The molecule has 3 fully saturated rings. The minimum absolute atomic E-state index is 0.270. The summed E-state index contributed by atoms with van der Waals surface area (Å²) in [7, 11) is 0. The van der Waals surface area contributed by atoms with E-state index in [1.54, 1.807) is 6.33 Å². The molecule has 2 heterocycles. The molecule has 0 spiro atoms. The summed E-state index contributed by atoms with van der Waals surface area (Å²) >= 11 is 0. The molecule has 2 N–H and O–H groups in total. The van der Waals surface area contributed by atoms with E-state index >= 15 is 0 Å². The van der Waals surface area contributed by atoms with Crippen molar-refractivity contribution < 1.29 is 4.79 Å². The van der Waals surface area contributed by atoms with E-state index in [2.05, 4.69) is 32.3 Å². The Kier molecular flexibility index (Phi) is 3.51. The van der Waals surface area contributed by atoms with Crippen molar-refractivity contribution in [2.24, 2.45) is 35.5 Å². The highest BCUT2D eigenvalue weighted by molar-refractivity contribution is 5.82. The highest BCUT2D eigenvalue weighted by atomic mass is 16.2. The maximum absolute atomic E-state index is 12.3. The van der Waals surface area contributed by atoms with Crippen molar-refractivity contribution in [2.45, 2.75) is 19.3 Å². The van der Waals surface area contributed by atoms with Crippen molar-refractivity contribution in [3.05, 3.63) is 30.4 Å². The number of rotatable bonds is 6. The lowest BCUT2D eigenvalue weighted by Crippen LogP contribution is -2.35. The van der Waals surface area contributed by atoms with Crippen LogP contribution in [0.5, 0.6) is 0 Å². The largest absolute Gasteiger partial charge is 0.355 e. The Morgan fingerprint density at radius 1 is 1.29 bits per heavy atom. The summed E-state index contributed by atoms with van der Waals surface area (Å²) in [5.41, 5.74) is 1.08. The summed E-state index contributed by atoms with van der Waals surface area (Å²) < 4.78 is 0. The highest BCUT2D eigenvalue weighted by Gasteiger charge is 2.59. The molecule has 24 heavy (non-hydrogen) atoms. The molecule has 2 bridgehead atoms. The fraction of sp³-hybridized carbons (Fsp3) is 0.684. The van der Waals surface area contributed by atoms with Gasteiger partial charge in [-0.1, -0.05) is 12.2 Å². The molecule has 6 atom stereocenters. The van der Waals surface area contributed by atoms with Crippen LogP contribution in [0, 0.1) is 35.5 Å². The third-order valence-electron chi connectivity index (χ3n) is 6.73. The number of fused-ring (bicyclic) bond motifs is 3. The molecule has 3 aliphatic carbocycles. The van der Waals surface area contributed by atoms with Gasteiger partial charge in [0.05, 0.1) is 6.33 Å². The Hall–Kier alpha value is -1.62. The Morgan fingerprint density at radius 2 is 2.17 bits per heavy atom. The van der Waals surface area contributed by atoms with Gasteiger partial charge in [-0.2, -0.15) is 0 Å². The summed E-state index contributed by atoms with van der Waals surface area (Å²) in [5.74, 6) is 4.37. The topological polar surface area (TPSA) is 61.0 Å². The number of aromatic amines is 1. The number of carbonyl (C=O) groups is 1.